The molecule has 1 atom stereocenters. The number of carbonyl (C=O) groups excluding carboxylic acids is 1. The molecular weight excluding hydrogens is 331 g/mol. The molecule has 1 amide bonds. The monoisotopic (exact) mass is 350 g/mol. The number of furan rings is 1. The van der Waals surface area contributed by atoms with Crippen LogP contribution in [0.5, 0.6) is 0 Å². The summed E-state index contributed by atoms with van der Waals surface area (Å²) in [5.74, 6) is 0.998. The third-order valence-corrected chi connectivity index (χ3v) is 3.06. The van der Waals surface area contributed by atoms with E-state index in [1.807, 2.05) is 19.1 Å². The topological polar surface area (TPSA) is 54.3 Å². The third-order valence-electron chi connectivity index (χ3n) is 2.48. The van der Waals surface area contributed by atoms with Crippen molar-refractivity contribution in [3.63, 3.8) is 0 Å². The number of carbonyl (C=O) groups is 1. The fraction of sp³-hybridized carbons (Fsp3) is 0.583. The molecule has 0 aromatic carbocycles. The Hall–Kier alpha value is -0.560. The van der Waals surface area contributed by atoms with E-state index in [1.54, 1.807) is 0 Å². The van der Waals surface area contributed by atoms with Crippen molar-refractivity contribution < 1.29 is 9.21 Å². The molecule has 0 aliphatic carbocycles. The highest BCUT2D eigenvalue weighted by molar-refractivity contribution is 14.1. The fourth-order valence-corrected chi connectivity index (χ4v) is 1.77. The molecule has 1 rings (SSSR count). The van der Waals surface area contributed by atoms with E-state index in [-0.39, 0.29) is 11.9 Å². The van der Waals surface area contributed by atoms with Crippen molar-refractivity contribution >= 4 is 28.5 Å². The Morgan fingerprint density at radius 3 is 2.88 bits per heavy atom. The molecule has 5 heteroatoms. The molecule has 1 aromatic heterocycles. The van der Waals surface area contributed by atoms with Gasteiger partial charge in [-0.15, -0.1) is 0 Å². The first-order valence-corrected chi connectivity index (χ1v) is 6.94. The van der Waals surface area contributed by atoms with E-state index in [9.17, 15) is 4.79 Å². The van der Waals surface area contributed by atoms with Crippen LogP contribution in [-0.2, 0) is 11.3 Å². The molecule has 0 aliphatic rings. The molecule has 4 nitrogen and oxygen atoms in total. The van der Waals surface area contributed by atoms with Crippen molar-refractivity contribution in [1.82, 2.24) is 10.6 Å². The van der Waals surface area contributed by atoms with E-state index in [0.717, 1.165) is 15.9 Å². The normalized spacial score (nSPS) is 12.4. The van der Waals surface area contributed by atoms with Gasteiger partial charge in [-0.05, 0) is 48.1 Å². The van der Waals surface area contributed by atoms with Crippen LogP contribution in [0.15, 0.2) is 16.5 Å². The zero-order chi connectivity index (χ0) is 12.7. The van der Waals surface area contributed by atoms with Gasteiger partial charge in [-0.2, -0.15) is 0 Å². The van der Waals surface area contributed by atoms with Crippen LogP contribution < -0.4 is 10.6 Å². The van der Waals surface area contributed by atoms with E-state index in [4.69, 9.17) is 4.42 Å². The molecular formula is C12H19IN2O2. The van der Waals surface area contributed by atoms with E-state index >= 15 is 0 Å². The van der Waals surface area contributed by atoms with Gasteiger partial charge in [0.2, 0.25) is 5.91 Å². The Morgan fingerprint density at radius 2 is 2.29 bits per heavy atom. The molecule has 1 aromatic rings. The first-order chi connectivity index (χ1) is 8.11. The molecule has 1 heterocycles. The maximum Gasteiger partial charge on any atom is 0.221 e. The predicted molar refractivity (Wildman–Crippen MR) is 75.6 cm³/mol. The van der Waals surface area contributed by atoms with Gasteiger partial charge in [0.1, 0.15) is 5.76 Å². The average Bonchev–Trinajstić information content (AvgIpc) is 2.70. The van der Waals surface area contributed by atoms with Gasteiger partial charge < -0.3 is 15.1 Å². The van der Waals surface area contributed by atoms with Crippen molar-refractivity contribution in [2.45, 2.75) is 39.3 Å². The minimum atomic E-state index is 0.0980. The second kappa shape index (κ2) is 7.71. The number of hydrogen-bond acceptors (Lipinski definition) is 3. The molecule has 0 aliphatic heterocycles. The molecule has 0 saturated carbocycles. The quantitative estimate of drug-likeness (QED) is 0.586. The van der Waals surface area contributed by atoms with Crippen LogP contribution in [0.2, 0.25) is 0 Å². The number of nitrogens with one attached hydrogen (secondary N) is 2. The molecule has 17 heavy (non-hydrogen) atoms. The summed E-state index contributed by atoms with van der Waals surface area (Å²) in [5, 5.41) is 6.11. The van der Waals surface area contributed by atoms with Crippen LogP contribution >= 0.6 is 22.6 Å². The molecule has 0 spiro atoms. The van der Waals surface area contributed by atoms with Crippen molar-refractivity contribution in [1.29, 1.82) is 0 Å². The maximum atomic E-state index is 11.5. The molecule has 0 radical (unpaired) electrons. The van der Waals surface area contributed by atoms with Gasteiger partial charge in [0.25, 0.3) is 0 Å². The average molecular weight is 350 g/mol. The van der Waals surface area contributed by atoms with Gasteiger partial charge in [-0.25, -0.2) is 0 Å². The number of halogens is 1. The van der Waals surface area contributed by atoms with Crippen LogP contribution in [0.1, 0.15) is 32.4 Å². The summed E-state index contributed by atoms with van der Waals surface area (Å²) in [4.78, 5) is 11.5. The van der Waals surface area contributed by atoms with Crippen molar-refractivity contribution in [2.24, 2.45) is 0 Å². The standard InChI is InChI=1S/C12H19IN2O2/c1-3-9(2)15-12(16)6-7-14-8-10-4-5-11(13)17-10/h4-5,9,14H,3,6-8H2,1-2H3,(H,15,16). The lowest BCUT2D eigenvalue weighted by atomic mass is 10.2. The lowest BCUT2D eigenvalue weighted by Crippen LogP contribution is -2.33. The van der Waals surface area contributed by atoms with Crippen molar-refractivity contribution in [3.8, 4) is 0 Å². The molecule has 0 bridgehead atoms. The molecule has 0 fully saturated rings. The number of hydrogen-bond donors (Lipinski definition) is 2. The Kier molecular flexibility index (Phi) is 6.57. The highest BCUT2D eigenvalue weighted by atomic mass is 127. The van der Waals surface area contributed by atoms with Crippen LogP contribution in [-0.4, -0.2) is 18.5 Å². The minimum Gasteiger partial charge on any atom is -0.454 e. The summed E-state index contributed by atoms with van der Waals surface area (Å²) >= 11 is 2.13. The zero-order valence-electron chi connectivity index (χ0n) is 10.3. The Bertz CT molecular complexity index is 352. The van der Waals surface area contributed by atoms with Gasteiger partial charge in [0.05, 0.1) is 6.54 Å². The zero-order valence-corrected chi connectivity index (χ0v) is 12.4. The van der Waals surface area contributed by atoms with Crippen LogP contribution in [0.3, 0.4) is 0 Å². The Balaban J connectivity index is 2.10. The summed E-state index contributed by atoms with van der Waals surface area (Å²) in [6.07, 6.45) is 1.46. The van der Waals surface area contributed by atoms with Crippen LogP contribution in [0, 0.1) is 3.77 Å². The summed E-state index contributed by atoms with van der Waals surface area (Å²) in [7, 11) is 0. The van der Waals surface area contributed by atoms with Gasteiger partial charge in [0.15, 0.2) is 3.77 Å². The van der Waals surface area contributed by atoms with Gasteiger partial charge in [-0.1, -0.05) is 6.92 Å². The van der Waals surface area contributed by atoms with Crippen LogP contribution in [0.4, 0.5) is 0 Å². The molecule has 96 valence electrons. The summed E-state index contributed by atoms with van der Waals surface area (Å²) in [6, 6.07) is 4.12. The number of amides is 1. The Labute approximate surface area is 116 Å². The van der Waals surface area contributed by atoms with E-state index in [1.165, 1.54) is 0 Å². The second-order valence-corrected chi connectivity index (χ2v) is 5.07. The fourth-order valence-electron chi connectivity index (χ4n) is 1.31. The maximum absolute atomic E-state index is 11.5. The highest BCUT2D eigenvalue weighted by Gasteiger charge is 2.05. The first kappa shape index (κ1) is 14.5. The van der Waals surface area contributed by atoms with E-state index in [0.29, 0.717) is 19.5 Å². The smallest absolute Gasteiger partial charge is 0.221 e. The molecule has 2 N–H and O–H groups in total. The number of rotatable bonds is 7. The summed E-state index contributed by atoms with van der Waals surface area (Å²) in [6.45, 7) is 5.40. The van der Waals surface area contributed by atoms with Gasteiger partial charge in [0, 0.05) is 19.0 Å². The van der Waals surface area contributed by atoms with Gasteiger partial charge >= 0.3 is 0 Å². The van der Waals surface area contributed by atoms with E-state index < -0.39 is 0 Å². The molecule has 1 unspecified atom stereocenters. The van der Waals surface area contributed by atoms with Crippen molar-refractivity contribution in [3.05, 3.63) is 21.7 Å². The van der Waals surface area contributed by atoms with E-state index in [2.05, 4.69) is 40.1 Å². The summed E-state index contributed by atoms with van der Waals surface area (Å²) in [5.41, 5.74) is 0. The summed E-state index contributed by atoms with van der Waals surface area (Å²) < 4.78 is 6.28. The first-order valence-electron chi connectivity index (χ1n) is 5.86. The van der Waals surface area contributed by atoms with Crippen LogP contribution in [0.25, 0.3) is 0 Å². The lowest BCUT2D eigenvalue weighted by molar-refractivity contribution is -0.121. The lowest BCUT2D eigenvalue weighted by Gasteiger charge is -2.11. The minimum absolute atomic E-state index is 0.0980. The predicted octanol–water partition coefficient (Wildman–Crippen LogP) is 2.28. The van der Waals surface area contributed by atoms with Gasteiger partial charge in [-0.3, -0.25) is 4.79 Å². The highest BCUT2D eigenvalue weighted by Crippen LogP contribution is 2.09. The second-order valence-electron chi connectivity index (χ2n) is 4.01. The third kappa shape index (κ3) is 6.07. The van der Waals surface area contributed by atoms with Crippen molar-refractivity contribution in [2.75, 3.05) is 6.54 Å². The SMILES string of the molecule is CCC(C)NC(=O)CCNCc1ccc(I)o1. The largest absolute Gasteiger partial charge is 0.454 e. The molecule has 0 saturated heterocycles. The Morgan fingerprint density at radius 1 is 1.53 bits per heavy atom.